The Balaban J connectivity index is 1.53. The highest BCUT2D eigenvalue weighted by Crippen LogP contribution is 2.32. The van der Waals surface area contributed by atoms with E-state index >= 15 is 0 Å². The summed E-state index contributed by atoms with van der Waals surface area (Å²) in [6, 6.07) is 15.2. The van der Waals surface area contributed by atoms with E-state index in [2.05, 4.69) is 32.3 Å². The van der Waals surface area contributed by atoms with Crippen molar-refractivity contribution in [3.8, 4) is 11.4 Å². The van der Waals surface area contributed by atoms with Gasteiger partial charge < -0.3 is 15.0 Å². The SMILES string of the molecule is Cc1ccn2c(Nc3ccc(N4CCOCC4)cc3)c(-c3ncccc3F)nc2c1. The first-order chi connectivity index (χ1) is 14.7. The van der Waals surface area contributed by atoms with E-state index in [1.165, 1.54) is 6.07 Å². The van der Waals surface area contributed by atoms with Crippen LogP contribution in [0.4, 0.5) is 21.6 Å². The van der Waals surface area contributed by atoms with E-state index < -0.39 is 5.82 Å². The minimum absolute atomic E-state index is 0.228. The molecule has 0 aliphatic carbocycles. The Morgan fingerprint density at radius 3 is 2.60 bits per heavy atom. The number of pyridine rings is 2. The van der Waals surface area contributed by atoms with E-state index in [9.17, 15) is 4.39 Å². The summed E-state index contributed by atoms with van der Waals surface area (Å²) >= 11 is 0. The highest BCUT2D eigenvalue weighted by atomic mass is 19.1. The van der Waals surface area contributed by atoms with Gasteiger partial charge >= 0.3 is 0 Å². The first-order valence-electron chi connectivity index (χ1n) is 9.98. The van der Waals surface area contributed by atoms with Crippen LogP contribution in [-0.2, 0) is 4.74 Å². The molecule has 0 amide bonds. The molecule has 1 aliphatic rings. The summed E-state index contributed by atoms with van der Waals surface area (Å²) in [5.74, 6) is 0.282. The lowest BCUT2D eigenvalue weighted by Gasteiger charge is -2.28. The number of aryl methyl sites for hydroxylation is 1. The Labute approximate surface area is 174 Å². The van der Waals surface area contributed by atoms with E-state index in [0.717, 1.165) is 48.9 Å². The lowest BCUT2D eigenvalue weighted by atomic mass is 10.2. The van der Waals surface area contributed by atoms with Crippen molar-refractivity contribution in [1.29, 1.82) is 0 Å². The minimum Gasteiger partial charge on any atom is -0.378 e. The van der Waals surface area contributed by atoms with Crippen molar-refractivity contribution in [2.24, 2.45) is 0 Å². The molecule has 152 valence electrons. The van der Waals surface area contributed by atoms with Crippen molar-refractivity contribution < 1.29 is 9.13 Å². The molecule has 3 aromatic heterocycles. The van der Waals surface area contributed by atoms with Gasteiger partial charge in [-0.05, 0) is 61.0 Å². The summed E-state index contributed by atoms with van der Waals surface area (Å²) in [6.07, 6.45) is 3.51. The lowest BCUT2D eigenvalue weighted by Crippen LogP contribution is -2.36. The molecule has 0 radical (unpaired) electrons. The number of ether oxygens (including phenoxy) is 1. The number of hydrogen-bond acceptors (Lipinski definition) is 5. The average Bonchev–Trinajstić information content (AvgIpc) is 3.12. The maximum Gasteiger partial charge on any atom is 0.151 e. The topological polar surface area (TPSA) is 54.7 Å². The van der Waals surface area contributed by atoms with Gasteiger partial charge in [-0.2, -0.15) is 0 Å². The second kappa shape index (κ2) is 7.76. The molecule has 0 unspecified atom stereocenters. The van der Waals surface area contributed by atoms with Crippen LogP contribution in [0.3, 0.4) is 0 Å². The molecule has 5 rings (SSSR count). The van der Waals surface area contributed by atoms with Crippen LogP contribution in [0.15, 0.2) is 60.9 Å². The maximum absolute atomic E-state index is 14.5. The van der Waals surface area contributed by atoms with Crippen molar-refractivity contribution in [2.45, 2.75) is 6.92 Å². The summed E-state index contributed by atoms with van der Waals surface area (Å²) in [7, 11) is 0. The zero-order valence-corrected chi connectivity index (χ0v) is 16.7. The molecule has 1 fully saturated rings. The Kier molecular flexibility index (Phi) is 4.80. The van der Waals surface area contributed by atoms with Crippen LogP contribution in [0, 0.1) is 12.7 Å². The third-order valence-corrected chi connectivity index (χ3v) is 5.27. The smallest absolute Gasteiger partial charge is 0.151 e. The summed E-state index contributed by atoms with van der Waals surface area (Å²) in [5.41, 5.74) is 4.59. The summed E-state index contributed by atoms with van der Waals surface area (Å²) < 4.78 is 21.9. The van der Waals surface area contributed by atoms with Crippen molar-refractivity contribution in [2.75, 3.05) is 36.5 Å². The van der Waals surface area contributed by atoms with Gasteiger partial charge in [-0.25, -0.2) is 9.37 Å². The molecule has 1 N–H and O–H groups in total. The number of aromatic nitrogens is 3. The molecule has 30 heavy (non-hydrogen) atoms. The van der Waals surface area contributed by atoms with Crippen LogP contribution in [-0.4, -0.2) is 40.7 Å². The number of nitrogens with zero attached hydrogens (tertiary/aromatic N) is 4. The van der Waals surface area contributed by atoms with Gasteiger partial charge in [0.15, 0.2) is 5.82 Å². The van der Waals surface area contributed by atoms with E-state index in [1.807, 2.05) is 41.8 Å². The Hall–Kier alpha value is -3.45. The van der Waals surface area contributed by atoms with Gasteiger partial charge in [0.2, 0.25) is 0 Å². The van der Waals surface area contributed by atoms with Crippen LogP contribution >= 0.6 is 0 Å². The quantitative estimate of drug-likeness (QED) is 0.547. The lowest BCUT2D eigenvalue weighted by molar-refractivity contribution is 0.122. The van der Waals surface area contributed by atoms with Gasteiger partial charge in [-0.3, -0.25) is 9.38 Å². The molecule has 1 saturated heterocycles. The van der Waals surface area contributed by atoms with Gasteiger partial charge in [0.25, 0.3) is 0 Å². The number of morpholine rings is 1. The number of halogens is 1. The largest absolute Gasteiger partial charge is 0.378 e. The number of rotatable bonds is 4. The predicted octanol–water partition coefficient (Wildman–Crippen LogP) is 4.42. The van der Waals surface area contributed by atoms with Crippen molar-refractivity contribution in [3.63, 3.8) is 0 Å². The first kappa shape index (κ1) is 18.6. The fraction of sp³-hybridized carbons (Fsp3) is 0.217. The second-order valence-corrected chi connectivity index (χ2v) is 7.35. The van der Waals surface area contributed by atoms with Crippen molar-refractivity contribution in [1.82, 2.24) is 14.4 Å². The van der Waals surface area contributed by atoms with Gasteiger partial charge in [-0.1, -0.05) is 0 Å². The van der Waals surface area contributed by atoms with E-state index in [-0.39, 0.29) is 5.69 Å². The Bertz CT molecular complexity index is 1180. The zero-order chi connectivity index (χ0) is 20.5. The number of fused-ring (bicyclic) bond motifs is 1. The molecular weight excluding hydrogens is 381 g/mol. The van der Waals surface area contributed by atoms with E-state index in [1.54, 1.807) is 12.3 Å². The van der Waals surface area contributed by atoms with Crippen LogP contribution in [0.2, 0.25) is 0 Å². The fourth-order valence-corrected chi connectivity index (χ4v) is 3.70. The molecule has 0 bridgehead atoms. The standard InChI is InChI=1S/C23H22FN5O/c1-16-8-10-29-20(15-16)27-22(21-19(24)3-2-9-25-21)23(29)26-17-4-6-18(7-5-17)28-11-13-30-14-12-28/h2-10,15,26H,11-14H2,1H3. The van der Waals surface area contributed by atoms with Crippen LogP contribution in [0.25, 0.3) is 17.0 Å². The third kappa shape index (κ3) is 3.48. The monoisotopic (exact) mass is 403 g/mol. The second-order valence-electron chi connectivity index (χ2n) is 7.35. The van der Waals surface area contributed by atoms with Crippen molar-refractivity contribution in [3.05, 3.63) is 72.3 Å². The molecule has 0 spiro atoms. The fourth-order valence-electron chi connectivity index (χ4n) is 3.70. The first-order valence-corrected chi connectivity index (χ1v) is 9.98. The number of benzene rings is 1. The highest BCUT2D eigenvalue weighted by Gasteiger charge is 2.19. The summed E-state index contributed by atoms with van der Waals surface area (Å²) in [6.45, 7) is 5.29. The normalized spacial score (nSPS) is 14.3. The molecule has 4 heterocycles. The Morgan fingerprint density at radius 2 is 1.83 bits per heavy atom. The molecule has 0 saturated carbocycles. The van der Waals surface area contributed by atoms with Crippen LogP contribution in [0.5, 0.6) is 0 Å². The van der Waals surface area contributed by atoms with Gasteiger partial charge in [0.1, 0.15) is 22.9 Å². The molecule has 4 aromatic rings. The van der Waals surface area contributed by atoms with Gasteiger partial charge in [0, 0.05) is 36.9 Å². The Morgan fingerprint density at radius 1 is 1.03 bits per heavy atom. The molecule has 0 atom stereocenters. The minimum atomic E-state index is -0.400. The average molecular weight is 403 g/mol. The molecule has 6 nitrogen and oxygen atoms in total. The van der Waals surface area contributed by atoms with Crippen molar-refractivity contribution >= 4 is 22.8 Å². The number of nitrogens with one attached hydrogen (secondary N) is 1. The van der Waals surface area contributed by atoms with Gasteiger partial charge in [0.05, 0.1) is 13.2 Å². The maximum atomic E-state index is 14.5. The predicted molar refractivity (Wildman–Crippen MR) is 116 cm³/mol. The summed E-state index contributed by atoms with van der Waals surface area (Å²) in [4.78, 5) is 11.2. The molecule has 1 aliphatic heterocycles. The third-order valence-electron chi connectivity index (χ3n) is 5.27. The van der Waals surface area contributed by atoms with Crippen LogP contribution < -0.4 is 10.2 Å². The van der Waals surface area contributed by atoms with E-state index in [4.69, 9.17) is 4.74 Å². The summed E-state index contributed by atoms with van der Waals surface area (Å²) in [5, 5.41) is 3.42. The van der Waals surface area contributed by atoms with E-state index in [0.29, 0.717) is 11.5 Å². The molecule has 7 heteroatoms. The number of imidazole rings is 1. The van der Waals surface area contributed by atoms with Crippen LogP contribution in [0.1, 0.15) is 5.56 Å². The highest BCUT2D eigenvalue weighted by molar-refractivity contribution is 5.78. The van der Waals surface area contributed by atoms with Gasteiger partial charge in [-0.15, -0.1) is 0 Å². The molecule has 1 aromatic carbocycles. The zero-order valence-electron chi connectivity index (χ0n) is 16.7. The number of anilines is 3. The molecular formula is C23H22FN5O. The number of hydrogen-bond donors (Lipinski definition) is 1.